The molecular formula is C28H31N5O3. The van der Waals surface area contributed by atoms with E-state index in [-0.39, 0.29) is 29.0 Å². The van der Waals surface area contributed by atoms with Crippen LogP contribution in [0.2, 0.25) is 0 Å². The summed E-state index contributed by atoms with van der Waals surface area (Å²) in [6.07, 6.45) is 9.12. The number of aromatic nitrogens is 3. The number of carbonyl (C=O) groups excluding carboxylic acids is 2. The molecule has 2 amide bonds. The molecule has 8 heteroatoms. The average Bonchev–Trinajstić information content (AvgIpc) is 3.45. The fourth-order valence-corrected chi connectivity index (χ4v) is 4.84. The minimum Gasteiger partial charge on any atom is -0.344 e. The second kappa shape index (κ2) is 9.68. The first-order valence-electron chi connectivity index (χ1n) is 12.5. The number of aryl methyl sites for hydroxylation is 1. The molecule has 2 fully saturated rings. The molecule has 8 nitrogen and oxygen atoms in total. The van der Waals surface area contributed by atoms with Crippen molar-refractivity contribution in [1.82, 2.24) is 25.3 Å². The van der Waals surface area contributed by atoms with E-state index in [4.69, 9.17) is 4.52 Å². The van der Waals surface area contributed by atoms with E-state index in [1.165, 1.54) is 6.08 Å². The Hall–Kier alpha value is -3.81. The lowest BCUT2D eigenvalue weighted by Gasteiger charge is -2.33. The third-order valence-corrected chi connectivity index (χ3v) is 7.45. The van der Waals surface area contributed by atoms with E-state index in [9.17, 15) is 9.59 Å². The van der Waals surface area contributed by atoms with Crippen LogP contribution in [0.25, 0.3) is 11.1 Å². The van der Waals surface area contributed by atoms with Gasteiger partial charge in [-0.2, -0.15) is 4.98 Å². The highest BCUT2D eigenvalue weighted by molar-refractivity contribution is 5.89. The molecule has 5 rings (SSSR count). The quantitative estimate of drug-likeness (QED) is 0.501. The summed E-state index contributed by atoms with van der Waals surface area (Å²) in [6, 6.07) is 8.28. The molecule has 3 aromatic rings. The molecule has 186 valence electrons. The number of likely N-dealkylation sites (tertiary alicyclic amines) is 1. The lowest BCUT2D eigenvalue weighted by Crippen LogP contribution is -2.38. The number of carbonyl (C=O) groups is 2. The van der Waals surface area contributed by atoms with Crippen LogP contribution in [-0.2, 0) is 16.8 Å². The highest BCUT2D eigenvalue weighted by Crippen LogP contribution is 2.45. The van der Waals surface area contributed by atoms with Crippen molar-refractivity contribution in [2.45, 2.75) is 57.4 Å². The number of rotatable bonds is 7. The molecule has 1 saturated carbocycles. The van der Waals surface area contributed by atoms with Gasteiger partial charge < -0.3 is 14.7 Å². The molecule has 36 heavy (non-hydrogen) atoms. The van der Waals surface area contributed by atoms with Crippen LogP contribution < -0.4 is 5.32 Å². The van der Waals surface area contributed by atoms with Crippen molar-refractivity contribution in [3.8, 4) is 11.1 Å². The van der Waals surface area contributed by atoms with Crippen LogP contribution in [0.1, 0.15) is 71.7 Å². The molecule has 1 N–H and O–H groups in total. The summed E-state index contributed by atoms with van der Waals surface area (Å²) >= 11 is 0. The average molecular weight is 486 g/mol. The highest BCUT2D eigenvalue weighted by atomic mass is 16.5. The SMILES string of the molecule is C=CC(=O)N1CCC[C@H](c2cnccc2-c2ccc(CNC(=O)c3nc(C4(C)CC4)no3)c(C)c2)C1. The van der Waals surface area contributed by atoms with Gasteiger partial charge in [0.2, 0.25) is 5.91 Å². The largest absolute Gasteiger partial charge is 0.344 e. The van der Waals surface area contributed by atoms with Gasteiger partial charge in [0, 0.05) is 43.4 Å². The maximum absolute atomic E-state index is 12.5. The van der Waals surface area contributed by atoms with Gasteiger partial charge in [0.25, 0.3) is 0 Å². The van der Waals surface area contributed by atoms with E-state index in [2.05, 4.69) is 46.1 Å². The van der Waals surface area contributed by atoms with E-state index in [1.807, 2.05) is 30.2 Å². The van der Waals surface area contributed by atoms with Crippen LogP contribution in [0, 0.1) is 6.92 Å². The first kappa shape index (κ1) is 23.9. The van der Waals surface area contributed by atoms with E-state index >= 15 is 0 Å². The normalized spacial score (nSPS) is 18.5. The lowest BCUT2D eigenvalue weighted by molar-refractivity contribution is -0.127. The minimum absolute atomic E-state index is 0.00490. The smallest absolute Gasteiger partial charge is 0.315 e. The van der Waals surface area contributed by atoms with E-state index in [0.717, 1.165) is 60.0 Å². The predicted molar refractivity (Wildman–Crippen MR) is 135 cm³/mol. The maximum atomic E-state index is 12.5. The molecule has 0 bridgehead atoms. The Kier molecular flexibility index (Phi) is 6.43. The van der Waals surface area contributed by atoms with Gasteiger partial charge in [0.1, 0.15) is 0 Å². The Morgan fingerprint density at radius 1 is 1.31 bits per heavy atom. The Morgan fingerprint density at radius 2 is 2.14 bits per heavy atom. The zero-order valence-corrected chi connectivity index (χ0v) is 20.8. The van der Waals surface area contributed by atoms with Gasteiger partial charge in [-0.25, -0.2) is 0 Å². The first-order valence-corrected chi connectivity index (χ1v) is 12.5. The second-order valence-electron chi connectivity index (χ2n) is 10.1. The Balaban J connectivity index is 1.29. The van der Waals surface area contributed by atoms with Crippen LogP contribution in [-0.4, -0.2) is 44.9 Å². The molecule has 0 unspecified atom stereocenters. The van der Waals surface area contributed by atoms with Crippen molar-refractivity contribution in [2.75, 3.05) is 13.1 Å². The lowest BCUT2D eigenvalue weighted by atomic mass is 9.86. The summed E-state index contributed by atoms with van der Waals surface area (Å²) < 4.78 is 5.18. The number of nitrogens with one attached hydrogen (secondary N) is 1. The predicted octanol–water partition coefficient (Wildman–Crippen LogP) is 4.31. The second-order valence-corrected chi connectivity index (χ2v) is 10.1. The zero-order chi connectivity index (χ0) is 25.3. The molecule has 2 aliphatic rings. The van der Waals surface area contributed by atoms with E-state index < -0.39 is 0 Å². The zero-order valence-electron chi connectivity index (χ0n) is 20.8. The fraction of sp³-hybridized carbons (Fsp3) is 0.393. The number of benzene rings is 1. The van der Waals surface area contributed by atoms with Crippen LogP contribution in [0.5, 0.6) is 0 Å². The molecule has 3 heterocycles. The van der Waals surface area contributed by atoms with Gasteiger partial charge in [-0.05, 0) is 72.6 Å². The minimum atomic E-state index is -0.367. The molecule has 1 aliphatic carbocycles. The van der Waals surface area contributed by atoms with Crippen molar-refractivity contribution in [3.63, 3.8) is 0 Å². The van der Waals surface area contributed by atoms with E-state index in [0.29, 0.717) is 18.9 Å². The third kappa shape index (κ3) is 4.80. The van der Waals surface area contributed by atoms with Crippen molar-refractivity contribution in [3.05, 3.63) is 77.7 Å². The number of hydrogen-bond donors (Lipinski definition) is 1. The summed E-state index contributed by atoms with van der Waals surface area (Å²) in [4.78, 5) is 35.3. The molecule has 1 atom stereocenters. The van der Waals surface area contributed by atoms with Gasteiger partial charge in [-0.15, -0.1) is 0 Å². The van der Waals surface area contributed by atoms with Gasteiger partial charge in [-0.3, -0.25) is 14.6 Å². The van der Waals surface area contributed by atoms with E-state index in [1.54, 1.807) is 6.20 Å². The molecular weight excluding hydrogens is 454 g/mol. The van der Waals surface area contributed by atoms with Crippen molar-refractivity contribution >= 4 is 11.8 Å². The summed E-state index contributed by atoms with van der Waals surface area (Å²) in [5.74, 6) is 0.448. The van der Waals surface area contributed by atoms with Gasteiger partial charge in [-0.1, -0.05) is 36.9 Å². The fourth-order valence-electron chi connectivity index (χ4n) is 4.84. The summed E-state index contributed by atoms with van der Waals surface area (Å²) in [6.45, 7) is 9.54. The molecule has 0 radical (unpaired) electrons. The number of piperidine rings is 1. The summed E-state index contributed by atoms with van der Waals surface area (Å²) in [5, 5.41) is 6.87. The molecule has 0 spiro atoms. The Bertz CT molecular complexity index is 1310. The summed E-state index contributed by atoms with van der Waals surface area (Å²) in [7, 11) is 0. The van der Waals surface area contributed by atoms with Crippen molar-refractivity contribution in [1.29, 1.82) is 0 Å². The number of hydrogen-bond acceptors (Lipinski definition) is 6. The van der Waals surface area contributed by atoms with Gasteiger partial charge >= 0.3 is 11.8 Å². The van der Waals surface area contributed by atoms with Gasteiger partial charge in [0.15, 0.2) is 5.82 Å². The van der Waals surface area contributed by atoms with Crippen LogP contribution in [0.4, 0.5) is 0 Å². The number of pyridine rings is 1. The Morgan fingerprint density at radius 3 is 2.89 bits per heavy atom. The topological polar surface area (TPSA) is 101 Å². The van der Waals surface area contributed by atoms with Gasteiger partial charge in [0.05, 0.1) is 0 Å². The van der Waals surface area contributed by atoms with Crippen LogP contribution in [0.15, 0.2) is 53.8 Å². The number of amides is 2. The first-order chi connectivity index (χ1) is 17.4. The van der Waals surface area contributed by atoms with Crippen LogP contribution in [0.3, 0.4) is 0 Å². The summed E-state index contributed by atoms with van der Waals surface area (Å²) in [5.41, 5.74) is 5.39. The third-order valence-electron chi connectivity index (χ3n) is 7.45. The molecule has 1 aliphatic heterocycles. The number of nitrogens with zero attached hydrogens (tertiary/aromatic N) is 4. The molecule has 2 aromatic heterocycles. The van der Waals surface area contributed by atoms with Crippen molar-refractivity contribution in [2.24, 2.45) is 0 Å². The molecule has 1 saturated heterocycles. The standard InChI is InChI=1S/C28H31N5O3/c1-4-24(34)33-13-5-6-21(17-33)23-16-29-12-9-22(23)19-7-8-20(18(2)14-19)15-30-25(35)26-31-27(32-36-26)28(3)10-11-28/h4,7-9,12,14,16,21H,1,5-6,10-11,13,15,17H2,2-3H3,(H,30,35)/t21-/m0/s1. The Labute approximate surface area is 210 Å². The maximum Gasteiger partial charge on any atom is 0.315 e. The highest BCUT2D eigenvalue weighted by Gasteiger charge is 2.44. The molecule has 1 aromatic carbocycles. The van der Waals surface area contributed by atoms with Crippen molar-refractivity contribution < 1.29 is 14.1 Å². The monoisotopic (exact) mass is 485 g/mol. The van der Waals surface area contributed by atoms with Crippen LogP contribution >= 0.6 is 0 Å².